The molecule has 1 atom stereocenters. The highest BCUT2D eigenvalue weighted by molar-refractivity contribution is 6.01. The number of fused-ring (bicyclic) bond motifs is 1. The molecule has 3 aromatic carbocycles. The van der Waals surface area contributed by atoms with Gasteiger partial charge in [-0.3, -0.25) is 14.4 Å². The van der Waals surface area contributed by atoms with Crippen molar-refractivity contribution in [3.8, 4) is 5.75 Å². The smallest absolute Gasteiger partial charge is 0.270 e. The number of rotatable bonds is 5. The van der Waals surface area contributed by atoms with Gasteiger partial charge in [0, 0.05) is 16.8 Å². The molecule has 1 heterocycles. The normalized spacial score (nSPS) is 14.7. The van der Waals surface area contributed by atoms with Crippen LogP contribution in [0.1, 0.15) is 22.0 Å². The Morgan fingerprint density at radius 1 is 0.933 bits per heavy atom. The van der Waals surface area contributed by atoms with Crippen LogP contribution in [0.5, 0.6) is 5.75 Å². The number of benzene rings is 3. The Morgan fingerprint density at radius 3 is 2.37 bits per heavy atom. The van der Waals surface area contributed by atoms with Crippen LogP contribution in [-0.4, -0.2) is 24.3 Å². The predicted octanol–water partition coefficient (Wildman–Crippen LogP) is 3.13. The van der Waals surface area contributed by atoms with Crippen LogP contribution in [0.25, 0.3) is 0 Å². The third-order valence-corrected chi connectivity index (χ3v) is 4.55. The molecule has 3 aromatic rings. The molecule has 3 amide bonds. The maximum atomic E-state index is 12.4. The lowest BCUT2D eigenvalue weighted by Crippen LogP contribution is -2.33. The Balaban J connectivity index is 1.38. The molecular weight excluding hydrogens is 382 g/mol. The highest BCUT2D eigenvalue weighted by Gasteiger charge is 2.29. The highest BCUT2D eigenvalue weighted by atomic mass is 16.5. The molecular formula is C23H19N3O4. The summed E-state index contributed by atoms with van der Waals surface area (Å²) in [6.07, 6.45) is -0.729. The zero-order chi connectivity index (χ0) is 20.9. The monoisotopic (exact) mass is 401 g/mol. The molecule has 0 saturated carbocycles. The molecule has 0 aliphatic carbocycles. The maximum absolute atomic E-state index is 12.4. The first-order valence-electron chi connectivity index (χ1n) is 9.40. The Hall–Kier alpha value is -4.13. The van der Waals surface area contributed by atoms with Gasteiger partial charge in [0.2, 0.25) is 12.0 Å². The van der Waals surface area contributed by atoms with E-state index in [1.165, 1.54) is 0 Å². The van der Waals surface area contributed by atoms with Crippen LogP contribution in [0.15, 0.2) is 78.9 Å². The molecule has 1 aliphatic rings. The minimum atomic E-state index is -0.729. The van der Waals surface area contributed by atoms with E-state index in [4.69, 9.17) is 4.74 Å². The maximum Gasteiger partial charge on any atom is 0.270 e. The standard InChI is InChI=1S/C23H19N3O4/c27-20(14-24-22(28)16-9-5-2-6-10-16)25-17-11-12-19-18(13-17)26-23(29)21(30-19)15-7-3-1-4-8-15/h1-13,21H,14H2,(H,24,28)(H,25,27)(H,26,29). The van der Waals surface area contributed by atoms with Crippen molar-refractivity contribution < 1.29 is 19.1 Å². The molecule has 0 fully saturated rings. The van der Waals surface area contributed by atoms with E-state index in [1.807, 2.05) is 36.4 Å². The van der Waals surface area contributed by atoms with Crippen molar-refractivity contribution in [2.24, 2.45) is 0 Å². The van der Waals surface area contributed by atoms with Crippen molar-refractivity contribution in [1.29, 1.82) is 0 Å². The second-order valence-electron chi connectivity index (χ2n) is 6.71. The average molecular weight is 401 g/mol. The molecule has 1 unspecified atom stereocenters. The van der Waals surface area contributed by atoms with Crippen LogP contribution in [0.4, 0.5) is 11.4 Å². The van der Waals surface area contributed by atoms with E-state index in [-0.39, 0.29) is 24.3 Å². The molecule has 7 nitrogen and oxygen atoms in total. The van der Waals surface area contributed by atoms with E-state index in [2.05, 4.69) is 16.0 Å². The average Bonchev–Trinajstić information content (AvgIpc) is 2.78. The van der Waals surface area contributed by atoms with Crippen molar-refractivity contribution in [3.05, 3.63) is 90.0 Å². The number of amides is 3. The summed E-state index contributed by atoms with van der Waals surface area (Å²) < 4.78 is 5.84. The minimum Gasteiger partial charge on any atom is -0.474 e. The van der Waals surface area contributed by atoms with Crippen molar-refractivity contribution >= 4 is 29.1 Å². The van der Waals surface area contributed by atoms with Gasteiger partial charge in [-0.25, -0.2) is 0 Å². The fraction of sp³-hybridized carbons (Fsp3) is 0.0870. The number of ether oxygens (including phenoxy) is 1. The first-order valence-corrected chi connectivity index (χ1v) is 9.40. The van der Waals surface area contributed by atoms with Gasteiger partial charge in [-0.1, -0.05) is 48.5 Å². The Labute approximate surface area is 173 Å². The second-order valence-corrected chi connectivity index (χ2v) is 6.71. The zero-order valence-electron chi connectivity index (χ0n) is 15.9. The fourth-order valence-electron chi connectivity index (χ4n) is 3.09. The van der Waals surface area contributed by atoms with Gasteiger partial charge in [0.25, 0.3) is 11.8 Å². The third kappa shape index (κ3) is 4.30. The number of nitrogens with one attached hydrogen (secondary N) is 3. The highest BCUT2D eigenvalue weighted by Crippen LogP contribution is 2.36. The molecule has 3 N–H and O–H groups in total. The van der Waals surface area contributed by atoms with Gasteiger partial charge in [-0.05, 0) is 30.3 Å². The summed E-state index contributed by atoms with van der Waals surface area (Å²) in [6.45, 7) is -0.177. The molecule has 150 valence electrons. The Kier molecular flexibility index (Phi) is 5.43. The van der Waals surface area contributed by atoms with Gasteiger partial charge >= 0.3 is 0 Å². The van der Waals surface area contributed by atoms with Crippen LogP contribution < -0.4 is 20.7 Å². The van der Waals surface area contributed by atoms with Crippen LogP contribution in [0.2, 0.25) is 0 Å². The summed E-state index contributed by atoms with van der Waals surface area (Å²) in [5, 5.41) is 8.07. The molecule has 7 heteroatoms. The van der Waals surface area contributed by atoms with E-state index >= 15 is 0 Å². The van der Waals surface area contributed by atoms with Gasteiger partial charge < -0.3 is 20.7 Å². The molecule has 4 rings (SSSR count). The van der Waals surface area contributed by atoms with Gasteiger partial charge in [-0.15, -0.1) is 0 Å². The number of carbonyl (C=O) groups excluding carboxylic acids is 3. The Bertz CT molecular complexity index is 1080. The first-order chi connectivity index (χ1) is 14.6. The molecule has 0 spiro atoms. The molecule has 1 aliphatic heterocycles. The fourth-order valence-corrected chi connectivity index (χ4v) is 3.09. The van der Waals surface area contributed by atoms with E-state index in [1.54, 1.807) is 42.5 Å². The van der Waals surface area contributed by atoms with E-state index in [9.17, 15) is 14.4 Å². The van der Waals surface area contributed by atoms with Gasteiger partial charge in [0.1, 0.15) is 5.75 Å². The van der Waals surface area contributed by atoms with Gasteiger partial charge in [-0.2, -0.15) is 0 Å². The van der Waals surface area contributed by atoms with Crippen molar-refractivity contribution in [2.75, 3.05) is 17.2 Å². The lowest BCUT2D eigenvalue weighted by atomic mass is 10.1. The van der Waals surface area contributed by atoms with Crippen LogP contribution >= 0.6 is 0 Å². The van der Waals surface area contributed by atoms with Gasteiger partial charge in [0.15, 0.2) is 0 Å². The van der Waals surface area contributed by atoms with E-state index < -0.39 is 6.10 Å². The SMILES string of the molecule is O=C(CNC(=O)c1ccccc1)Nc1ccc2c(c1)NC(=O)C(c1ccccc1)O2. The number of hydrogen-bond acceptors (Lipinski definition) is 4. The van der Waals surface area contributed by atoms with E-state index in [0.29, 0.717) is 22.7 Å². The molecule has 0 bridgehead atoms. The van der Waals surface area contributed by atoms with Crippen molar-refractivity contribution in [2.45, 2.75) is 6.10 Å². The second kappa shape index (κ2) is 8.48. The van der Waals surface area contributed by atoms with Crippen molar-refractivity contribution in [3.63, 3.8) is 0 Å². The third-order valence-electron chi connectivity index (χ3n) is 4.55. The quantitative estimate of drug-likeness (QED) is 0.612. The summed E-state index contributed by atoms with van der Waals surface area (Å²) in [6, 6.07) is 22.8. The zero-order valence-corrected chi connectivity index (χ0v) is 15.9. The first kappa shape index (κ1) is 19.2. The topological polar surface area (TPSA) is 96.5 Å². The van der Waals surface area contributed by atoms with Gasteiger partial charge in [0.05, 0.1) is 12.2 Å². The molecule has 0 aromatic heterocycles. The molecule has 0 radical (unpaired) electrons. The summed E-state index contributed by atoms with van der Waals surface area (Å²) in [4.78, 5) is 36.6. The van der Waals surface area contributed by atoms with Crippen LogP contribution in [-0.2, 0) is 9.59 Å². The van der Waals surface area contributed by atoms with Crippen LogP contribution in [0, 0.1) is 0 Å². The lowest BCUT2D eigenvalue weighted by Gasteiger charge is -2.26. The van der Waals surface area contributed by atoms with Crippen LogP contribution in [0.3, 0.4) is 0 Å². The summed E-state index contributed by atoms with van der Waals surface area (Å²) in [5.41, 5.74) is 2.19. The molecule has 30 heavy (non-hydrogen) atoms. The molecule has 0 saturated heterocycles. The number of hydrogen-bond donors (Lipinski definition) is 3. The summed E-state index contributed by atoms with van der Waals surface area (Å²) >= 11 is 0. The summed E-state index contributed by atoms with van der Waals surface area (Å²) in [7, 11) is 0. The number of anilines is 2. The number of carbonyl (C=O) groups is 3. The van der Waals surface area contributed by atoms with Crippen molar-refractivity contribution in [1.82, 2.24) is 5.32 Å². The minimum absolute atomic E-state index is 0.177. The lowest BCUT2D eigenvalue weighted by molar-refractivity contribution is -0.123. The predicted molar refractivity (Wildman–Crippen MR) is 112 cm³/mol. The Morgan fingerprint density at radius 2 is 1.63 bits per heavy atom. The largest absolute Gasteiger partial charge is 0.474 e. The van der Waals surface area contributed by atoms with E-state index in [0.717, 1.165) is 5.56 Å². The summed E-state index contributed by atoms with van der Waals surface area (Å²) in [5.74, 6) is -0.487.